The van der Waals surface area contributed by atoms with E-state index in [9.17, 15) is 15.3 Å². The topological polar surface area (TPSA) is 160 Å². The fraction of sp³-hybridized carbons (Fsp3) is 0.125. The number of halogens is 1. The van der Waals surface area contributed by atoms with Gasteiger partial charge in [-0.05, 0) is 48.0 Å². The van der Waals surface area contributed by atoms with Crippen LogP contribution in [0.1, 0.15) is 0 Å². The van der Waals surface area contributed by atoms with Crippen LogP contribution >= 0.6 is 0 Å². The predicted molar refractivity (Wildman–Crippen MR) is 170 cm³/mol. The Morgan fingerprint density at radius 1 is 0.636 bits per heavy atom. The molecule has 222 valence electrons. The summed E-state index contributed by atoms with van der Waals surface area (Å²) in [7, 11) is 0. The quantitative estimate of drug-likeness (QED) is 0.103. The Labute approximate surface area is 251 Å². The van der Waals surface area contributed by atoms with Crippen LogP contribution in [0.2, 0.25) is 0 Å². The molecular formula is C32H29FN8O3. The second-order valence-electron chi connectivity index (χ2n) is 9.81. The van der Waals surface area contributed by atoms with E-state index in [1.165, 1.54) is 0 Å². The molecule has 0 aliphatic heterocycles. The molecule has 0 spiro atoms. The molecule has 6 aromatic rings. The lowest BCUT2D eigenvalue weighted by Crippen LogP contribution is -2.10. The predicted octanol–water partition coefficient (Wildman–Crippen LogP) is 5.38. The summed E-state index contributed by atoms with van der Waals surface area (Å²) >= 11 is 0. The summed E-state index contributed by atoms with van der Waals surface area (Å²) in [5.41, 5.74) is 2.89. The Morgan fingerprint density at radius 2 is 1.32 bits per heavy atom. The van der Waals surface area contributed by atoms with Gasteiger partial charge < -0.3 is 36.6 Å². The van der Waals surface area contributed by atoms with Crippen LogP contribution < -0.4 is 21.3 Å². The number of aromatic nitrogens is 4. The zero-order valence-electron chi connectivity index (χ0n) is 23.4. The van der Waals surface area contributed by atoms with Crippen molar-refractivity contribution in [2.45, 2.75) is 0 Å². The van der Waals surface area contributed by atoms with Crippen molar-refractivity contribution >= 4 is 56.7 Å². The largest absolute Gasteiger partial charge is 0.508 e. The number of para-hydroxylation sites is 1. The molecule has 0 atom stereocenters. The zero-order valence-corrected chi connectivity index (χ0v) is 23.4. The molecule has 7 N–H and O–H groups in total. The van der Waals surface area contributed by atoms with Crippen molar-refractivity contribution < 1.29 is 19.7 Å². The molecule has 0 fully saturated rings. The molecule has 11 nitrogen and oxygen atoms in total. The maximum absolute atomic E-state index is 16.0. The minimum Gasteiger partial charge on any atom is -0.508 e. The van der Waals surface area contributed by atoms with Crippen LogP contribution in [0, 0.1) is 5.82 Å². The van der Waals surface area contributed by atoms with Gasteiger partial charge in [0.25, 0.3) is 0 Å². The standard InChI is InChI=1S/C32H29FN8O3/c33-28-22(8-4-10-26(28)38-32-37-25-9-2-1-7-23(25)29(41-32)34-13-15-42)19-11-12-24-27(17-19)39-31(40-30(24)35-14-16-43)36-20-5-3-6-21(44)18-20/h1-12,17-18,42-44H,13-16H2,(H2,34,37,38,41)(H2,35,36,39,40). The average Bonchev–Trinajstić information content (AvgIpc) is 3.03. The van der Waals surface area contributed by atoms with Crippen molar-refractivity contribution in [1.29, 1.82) is 0 Å². The normalized spacial score (nSPS) is 11.1. The summed E-state index contributed by atoms with van der Waals surface area (Å²) in [5, 5.41) is 42.3. The van der Waals surface area contributed by atoms with Crippen LogP contribution in [-0.4, -0.2) is 61.6 Å². The highest BCUT2D eigenvalue weighted by Gasteiger charge is 2.15. The summed E-state index contributed by atoms with van der Waals surface area (Å²) in [6.45, 7) is 0.415. The number of nitrogens with zero attached hydrogens (tertiary/aromatic N) is 4. The van der Waals surface area contributed by atoms with E-state index in [1.807, 2.05) is 24.3 Å². The van der Waals surface area contributed by atoms with E-state index >= 15 is 4.39 Å². The Bertz CT molecular complexity index is 1960. The van der Waals surface area contributed by atoms with Crippen molar-refractivity contribution in [3.8, 4) is 16.9 Å². The fourth-order valence-electron chi connectivity index (χ4n) is 4.79. The van der Waals surface area contributed by atoms with Crippen LogP contribution in [0.15, 0.2) is 84.9 Å². The number of rotatable bonds is 11. The molecule has 2 aromatic heterocycles. The molecule has 4 aromatic carbocycles. The van der Waals surface area contributed by atoms with Gasteiger partial charge in [-0.2, -0.15) is 9.97 Å². The average molecular weight is 593 g/mol. The van der Waals surface area contributed by atoms with Gasteiger partial charge >= 0.3 is 0 Å². The van der Waals surface area contributed by atoms with Crippen molar-refractivity contribution in [2.75, 3.05) is 47.6 Å². The first-order chi connectivity index (χ1) is 21.5. The molecule has 0 saturated heterocycles. The minimum atomic E-state index is -0.501. The van der Waals surface area contributed by atoms with E-state index in [-0.39, 0.29) is 43.1 Å². The number of benzene rings is 4. The molecule has 0 aliphatic carbocycles. The number of fused-ring (bicyclic) bond motifs is 2. The molecule has 0 saturated carbocycles. The van der Waals surface area contributed by atoms with Gasteiger partial charge in [-0.25, -0.2) is 14.4 Å². The monoisotopic (exact) mass is 592 g/mol. The van der Waals surface area contributed by atoms with Gasteiger partial charge in [-0.1, -0.05) is 36.4 Å². The lowest BCUT2D eigenvalue weighted by atomic mass is 10.0. The van der Waals surface area contributed by atoms with Crippen molar-refractivity contribution in [3.05, 3.63) is 90.7 Å². The maximum Gasteiger partial charge on any atom is 0.229 e. The molecule has 0 aliphatic rings. The molecule has 12 heteroatoms. The summed E-state index contributed by atoms with van der Waals surface area (Å²) in [4.78, 5) is 18.3. The number of phenolic OH excluding ortho intramolecular Hbond substituents is 1. The number of aromatic hydroxyl groups is 1. The van der Waals surface area contributed by atoms with Gasteiger partial charge in [0.15, 0.2) is 5.82 Å². The highest BCUT2D eigenvalue weighted by molar-refractivity contribution is 5.94. The highest BCUT2D eigenvalue weighted by atomic mass is 19.1. The van der Waals surface area contributed by atoms with Crippen LogP contribution in [-0.2, 0) is 0 Å². The Morgan fingerprint density at radius 3 is 2.07 bits per heavy atom. The van der Waals surface area contributed by atoms with Crippen LogP contribution in [0.5, 0.6) is 5.75 Å². The third kappa shape index (κ3) is 6.11. The SMILES string of the molecule is OCCNc1nc(Nc2cccc(O)c2)nc2cc(-c3cccc(Nc4nc(NCCO)c5ccccc5n4)c3F)ccc12. The molecule has 0 radical (unpaired) electrons. The van der Waals surface area contributed by atoms with Crippen molar-refractivity contribution in [1.82, 2.24) is 19.9 Å². The number of nitrogens with one attached hydrogen (secondary N) is 4. The molecule has 2 heterocycles. The lowest BCUT2D eigenvalue weighted by molar-refractivity contribution is 0.310. The van der Waals surface area contributed by atoms with Crippen LogP contribution in [0.25, 0.3) is 32.9 Å². The van der Waals surface area contributed by atoms with Crippen LogP contribution in [0.3, 0.4) is 0 Å². The molecule has 0 amide bonds. The second-order valence-corrected chi connectivity index (χ2v) is 9.81. The first-order valence-corrected chi connectivity index (χ1v) is 13.9. The number of phenols is 1. The smallest absolute Gasteiger partial charge is 0.229 e. The second kappa shape index (κ2) is 12.7. The molecule has 0 unspecified atom stereocenters. The van der Waals surface area contributed by atoms with E-state index in [0.29, 0.717) is 51.4 Å². The van der Waals surface area contributed by atoms with Crippen molar-refractivity contribution in [2.24, 2.45) is 0 Å². The first kappa shape index (κ1) is 28.5. The van der Waals surface area contributed by atoms with Gasteiger partial charge in [0.2, 0.25) is 11.9 Å². The Hall–Kier alpha value is -5.59. The number of anilines is 6. The Balaban J connectivity index is 1.36. The van der Waals surface area contributed by atoms with E-state index < -0.39 is 5.82 Å². The number of aliphatic hydroxyl groups excluding tert-OH is 2. The molecular weight excluding hydrogens is 563 g/mol. The zero-order chi connectivity index (χ0) is 30.5. The van der Waals surface area contributed by atoms with Gasteiger partial charge in [-0.15, -0.1) is 0 Å². The number of hydrogen-bond donors (Lipinski definition) is 7. The summed E-state index contributed by atoms with van der Waals surface area (Å²) in [6.07, 6.45) is 0. The van der Waals surface area contributed by atoms with E-state index in [1.54, 1.807) is 60.7 Å². The van der Waals surface area contributed by atoms with E-state index in [2.05, 4.69) is 41.2 Å². The van der Waals surface area contributed by atoms with E-state index in [0.717, 1.165) is 5.39 Å². The number of hydrogen-bond acceptors (Lipinski definition) is 11. The highest BCUT2D eigenvalue weighted by Crippen LogP contribution is 2.33. The summed E-state index contributed by atoms with van der Waals surface area (Å²) in [5.74, 6) is 1.07. The lowest BCUT2D eigenvalue weighted by Gasteiger charge is -2.14. The summed E-state index contributed by atoms with van der Waals surface area (Å²) in [6, 6.07) is 24.4. The van der Waals surface area contributed by atoms with Crippen LogP contribution in [0.4, 0.5) is 39.3 Å². The van der Waals surface area contributed by atoms with Gasteiger partial charge in [-0.3, -0.25) is 0 Å². The number of aliphatic hydroxyl groups is 2. The maximum atomic E-state index is 16.0. The Kier molecular flexibility index (Phi) is 8.25. The fourth-order valence-corrected chi connectivity index (χ4v) is 4.79. The minimum absolute atomic E-state index is 0.0686. The third-order valence-corrected chi connectivity index (χ3v) is 6.77. The van der Waals surface area contributed by atoms with E-state index in [4.69, 9.17) is 0 Å². The molecule has 0 bridgehead atoms. The van der Waals surface area contributed by atoms with Gasteiger partial charge in [0.1, 0.15) is 17.4 Å². The van der Waals surface area contributed by atoms with Gasteiger partial charge in [0, 0.05) is 41.2 Å². The third-order valence-electron chi connectivity index (χ3n) is 6.77. The summed E-state index contributed by atoms with van der Waals surface area (Å²) < 4.78 is 16.0. The first-order valence-electron chi connectivity index (χ1n) is 13.9. The van der Waals surface area contributed by atoms with Gasteiger partial charge in [0.05, 0.1) is 29.9 Å². The van der Waals surface area contributed by atoms with Crippen molar-refractivity contribution in [3.63, 3.8) is 0 Å². The molecule has 6 rings (SSSR count). The molecule has 44 heavy (non-hydrogen) atoms.